The highest BCUT2D eigenvalue weighted by molar-refractivity contribution is 7.86. The topological polar surface area (TPSA) is 147 Å². The van der Waals surface area contributed by atoms with Crippen molar-refractivity contribution in [3.8, 4) is 10.8 Å². The van der Waals surface area contributed by atoms with Crippen molar-refractivity contribution in [3.05, 3.63) is 56.3 Å². The lowest BCUT2D eigenvalue weighted by atomic mass is 10.2. The fraction of sp³-hybridized carbons (Fsp3) is 0.154. The van der Waals surface area contributed by atoms with Crippen LogP contribution in [0.4, 0.5) is 11.5 Å². The number of non-ortho nitro benzene ring substituents is 1. The van der Waals surface area contributed by atoms with Crippen LogP contribution in [-0.4, -0.2) is 33.8 Å². The largest absolute Gasteiger partial charge is 0.358 e. The molecule has 0 aliphatic rings. The Balaban J connectivity index is 1.81. The van der Waals surface area contributed by atoms with Gasteiger partial charge in [-0.25, -0.2) is 9.55 Å². The molecule has 0 bridgehead atoms. The lowest BCUT2D eigenvalue weighted by Gasteiger charge is -1.99. The van der Waals surface area contributed by atoms with E-state index in [1.807, 2.05) is 0 Å². The van der Waals surface area contributed by atoms with Crippen LogP contribution in [0.3, 0.4) is 0 Å². The lowest BCUT2D eigenvalue weighted by molar-refractivity contribution is -0.391. The van der Waals surface area contributed by atoms with Gasteiger partial charge in [0.25, 0.3) is 11.5 Å². The SMILES string of the molecule is Cn1c([N+](=O)[O-])cnc1-c1nnc(S(=O)Cc2cccc([N+](=O)[O-])c2)s1. The maximum atomic E-state index is 12.5. The molecule has 0 radical (unpaired) electrons. The first-order valence-corrected chi connectivity index (χ1v) is 9.12. The molecule has 1 atom stereocenters. The third-order valence-corrected chi connectivity index (χ3v) is 5.95. The summed E-state index contributed by atoms with van der Waals surface area (Å²) in [6.45, 7) is 0. The van der Waals surface area contributed by atoms with Crippen molar-refractivity contribution in [2.45, 2.75) is 10.1 Å². The van der Waals surface area contributed by atoms with E-state index in [2.05, 4.69) is 15.2 Å². The number of hydrogen-bond acceptors (Lipinski definition) is 9. The van der Waals surface area contributed by atoms with Gasteiger partial charge in [-0.3, -0.25) is 14.3 Å². The van der Waals surface area contributed by atoms with E-state index in [-0.39, 0.29) is 27.4 Å². The minimum absolute atomic E-state index is 0.0387. The highest BCUT2D eigenvalue weighted by Gasteiger charge is 2.23. The predicted molar refractivity (Wildman–Crippen MR) is 92.0 cm³/mol. The summed E-state index contributed by atoms with van der Waals surface area (Å²) >= 11 is 1.00. The van der Waals surface area contributed by atoms with Gasteiger partial charge < -0.3 is 10.1 Å². The maximum Gasteiger partial charge on any atom is 0.342 e. The van der Waals surface area contributed by atoms with E-state index in [0.29, 0.717) is 10.6 Å². The summed E-state index contributed by atoms with van der Waals surface area (Å²) in [6, 6.07) is 5.85. The number of aromatic nitrogens is 4. The van der Waals surface area contributed by atoms with E-state index >= 15 is 0 Å². The first kappa shape index (κ1) is 17.8. The Kier molecular flexibility index (Phi) is 4.81. The smallest absolute Gasteiger partial charge is 0.342 e. The Bertz CT molecular complexity index is 1030. The Morgan fingerprint density at radius 2 is 2.00 bits per heavy atom. The van der Waals surface area contributed by atoms with E-state index < -0.39 is 20.6 Å². The van der Waals surface area contributed by atoms with Gasteiger partial charge >= 0.3 is 5.82 Å². The van der Waals surface area contributed by atoms with Crippen molar-refractivity contribution in [2.75, 3.05) is 0 Å². The third-order valence-electron chi connectivity index (χ3n) is 3.36. The summed E-state index contributed by atoms with van der Waals surface area (Å²) in [7, 11) is -0.0922. The Morgan fingerprint density at radius 1 is 1.23 bits per heavy atom. The molecule has 0 amide bonds. The number of hydrogen-bond donors (Lipinski definition) is 0. The van der Waals surface area contributed by atoms with Gasteiger partial charge in [0.15, 0.2) is 0 Å². The molecule has 0 aliphatic heterocycles. The van der Waals surface area contributed by atoms with Crippen LogP contribution in [0.1, 0.15) is 5.56 Å². The van der Waals surface area contributed by atoms with Gasteiger partial charge in [-0.2, -0.15) is 0 Å². The quantitative estimate of drug-likeness (QED) is 0.456. The third kappa shape index (κ3) is 3.48. The number of imidazole rings is 1. The molecule has 13 heteroatoms. The molecule has 2 heterocycles. The van der Waals surface area contributed by atoms with Crippen LogP contribution in [0.15, 0.2) is 34.8 Å². The van der Waals surface area contributed by atoms with Gasteiger partial charge in [0, 0.05) is 12.1 Å². The molecule has 0 saturated carbocycles. The van der Waals surface area contributed by atoms with Crippen LogP contribution >= 0.6 is 11.3 Å². The van der Waals surface area contributed by atoms with Gasteiger partial charge in [-0.15, -0.1) is 10.2 Å². The lowest BCUT2D eigenvalue weighted by Crippen LogP contribution is -1.98. The van der Waals surface area contributed by atoms with E-state index in [1.54, 1.807) is 6.07 Å². The summed E-state index contributed by atoms with van der Waals surface area (Å²) in [5.41, 5.74) is 0.444. The molecule has 1 unspecified atom stereocenters. The van der Waals surface area contributed by atoms with Crippen LogP contribution < -0.4 is 0 Å². The number of nitrogens with zero attached hydrogens (tertiary/aromatic N) is 6. The van der Waals surface area contributed by atoms with Crippen LogP contribution in [0.25, 0.3) is 10.8 Å². The molecule has 26 heavy (non-hydrogen) atoms. The first-order valence-electron chi connectivity index (χ1n) is 6.98. The fourth-order valence-corrected chi connectivity index (χ4v) is 4.27. The number of benzene rings is 1. The van der Waals surface area contributed by atoms with Crippen molar-refractivity contribution >= 4 is 33.6 Å². The molecule has 0 aliphatic carbocycles. The average molecular weight is 394 g/mol. The second kappa shape index (κ2) is 7.05. The van der Waals surface area contributed by atoms with Crippen LogP contribution in [0.5, 0.6) is 0 Å². The van der Waals surface area contributed by atoms with Crippen molar-refractivity contribution in [2.24, 2.45) is 7.05 Å². The Labute approximate surface area is 152 Å². The van der Waals surface area contributed by atoms with Crippen molar-refractivity contribution < 1.29 is 14.1 Å². The normalized spacial score (nSPS) is 12.0. The summed E-state index contributed by atoms with van der Waals surface area (Å²) in [6.07, 6.45) is 1.11. The monoisotopic (exact) mass is 394 g/mol. The van der Waals surface area contributed by atoms with E-state index in [1.165, 1.54) is 29.8 Å². The average Bonchev–Trinajstić information content (AvgIpc) is 3.21. The summed E-state index contributed by atoms with van der Waals surface area (Å²) in [5.74, 6) is 0.0825. The molecule has 0 N–H and O–H groups in total. The zero-order valence-electron chi connectivity index (χ0n) is 13.1. The minimum atomic E-state index is -1.57. The van der Waals surface area contributed by atoms with Gasteiger partial charge in [-0.05, 0) is 10.5 Å². The van der Waals surface area contributed by atoms with Gasteiger partial charge in [-0.1, -0.05) is 23.5 Å². The zero-order valence-corrected chi connectivity index (χ0v) is 14.8. The van der Waals surface area contributed by atoms with Gasteiger partial charge in [0.05, 0.1) is 28.5 Å². The zero-order chi connectivity index (χ0) is 18.8. The Hall–Kier alpha value is -3.06. The Morgan fingerprint density at radius 3 is 2.65 bits per heavy atom. The summed E-state index contributed by atoms with van der Waals surface area (Å²) in [4.78, 5) is 24.5. The first-order chi connectivity index (χ1) is 12.4. The molecule has 134 valence electrons. The number of nitro benzene ring substituents is 1. The molecular weight excluding hydrogens is 384 g/mol. The molecule has 1 aromatic carbocycles. The van der Waals surface area contributed by atoms with Crippen LogP contribution in [0, 0.1) is 20.2 Å². The minimum Gasteiger partial charge on any atom is -0.358 e. The molecule has 3 rings (SSSR count). The standard InChI is InChI=1S/C13H10N6O5S2/c1-17-10(19(22)23)6-14-11(17)12-15-16-13(25-12)26(24)7-8-3-2-4-9(5-8)18(20)21/h2-6H,7H2,1H3. The second-order valence-corrected chi connectivity index (χ2v) is 7.65. The molecule has 2 aromatic heterocycles. The van der Waals surface area contributed by atoms with E-state index in [4.69, 9.17) is 0 Å². The van der Waals surface area contributed by atoms with Crippen LogP contribution in [0.2, 0.25) is 0 Å². The number of nitro groups is 2. The number of rotatable bonds is 6. The maximum absolute atomic E-state index is 12.5. The molecule has 0 fully saturated rings. The molecule has 0 spiro atoms. The predicted octanol–water partition coefficient (Wildman–Crippen LogP) is 2.06. The fourth-order valence-electron chi connectivity index (χ4n) is 2.13. The van der Waals surface area contributed by atoms with Crippen molar-refractivity contribution in [3.63, 3.8) is 0 Å². The summed E-state index contributed by atoms with van der Waals surface area (Å²) < 4.78 is 13.9. The highest BCUT2D eigenvalue weighted by Crippen LogP contribution is 2.27. The van der Waals surface area contributed by atoms with E-state index in [9.17, 15) is 24.4 Å². The molecule has 11 nitrogen and oxygen atoms in total. The van der Waals surface area contributed by atoms with Crippen molar-refractivity contribution in [1.82, 2.24) is 19.7 Å². The molecule has 0 saturated heterocycles. The molecule has 3 aromatic rings. The highest BCUT2D eigenvalue weighted by atomic mass is 32.2. The van der Waals surface area contributed by atoms with Crippen LogP contribution in [-0.2, 0) is 23.6 Å². The van der Waals surface area contributed by atoms with Gasteiger partial charge in [0.1, 0.15) is 6.20 Å². The van der Waals surface area contributed by atoms with E-state index in [0.717, 1.165) is 17.5 Å². The van der Waals surface area contributed by atoms with Crippen molar-refractivity contribution in [1.29, 1.82) is 0 Å². The second-order valence-electron chi connectivity index (χ2n) is 5.05. The van der Waals surface area contributed by atoms with Gasteiger partial charge in [0.2, 0.25) is 9.35 Å². The molecular formula is C13H10N6O5S2. The summed E-state index contributed by atoms with van der Waals surface area (Å²) in [5, 5.41) is 29.7.